The second kappa shape index (κ2) is 5.82. The summed E-state index contributed by atoms with van der Waals surface area (Å²) in [4.78, 5) is 11.8. The molecule has 0 saturated carbocycles. The molecule has 5 heteroatoms. The summed E-state index contributed by atoms with van der Waals surface area (Å²) < 4.78 is 12.8. The quantitative estimate of drug-likeness (QED) is 0.700. The van der Waals surface area contributed by atoms with Crippen molar-refractivity contribution in [1.29, 1.82) is 0 Å². The summed E-state index contributed by atoms with van der Waals surface area (Å²) in [5, 5.41) is 12.6. The van der Waals surface area contributed by atoms with Gasteiger partial charge >= 0.3 is 0 Å². The van der Waals surface area contributed by atoms with E-state index in [9.17, 15) is 14.3 Å². The second-order valence-corrected chi connectivity index (χ2v) is 4.35. The van der Waals surface area contributed by atoms with Crippen LogP contribution in [-0.2, 0) is 0 Å². The molecule has 1 amide bonds. The van der Waals surface area contributed by atoms with Gasteiger partial charge < -0.3 is 16.2 Å². The zero-order chi connectivity index (χ0) is 13.8. The summed E-state index contributed by atoms with van der Waals surface area (Å²) in [5.41, 5.74) is 4.95. The molecule has 4 nitrogen and oxygen atoms in total. The smallest absolute Gasteiger partial charge is 0.253 e. The van der Waals surface area contributed by atoms with Crippen LogP contribution in [0.5, 0.6) is 0 Å². The highest BCUT2D eigenvalue weighted by Crippen LogP contribution is 2.15. The van der Waals surface area contributed by atoms with Gasteiger partial charge in [0.15, 0.2) is 0 Å². The summed E-state index contributed by atoms with van der Waals surface area (Å²) in [5.74, 6) is -0.893. The van der Waals surface area contributed by atoms with Crippen molar-refractivity contribution in [3.05, 3.63) is 29.6 Å². The lowest BCUT2D eigenvalue weighted by molar-refractivity contribution is 0.0314. The van der Waals surface area contributed by atoms with E-state index >= 15 is 0 Å². The number of carbonyl (C=O) groups excluding carboxylic acids is 1. The average molecular weight is 254 g/mol. The lowest BCUT2D eigenvalue weighted by atomic mass is 9.97. The molecule has 0 aliphatic rings. The van der Waals surface area contributed by atoms with Gasteiger partial charge in [-0.3, -0.25) is 4.79 Å². The summed E-state index contributed by atoms with van der Waals surface area (Å²) in [7, 11) is 0. The van der Waals surface area contributed by atoms with Crippen LogP contribution in [0.3, 0.4) is 0 Å². The highest BCUT2D eigenvalue weighted by molar-refractivity contribution is 5.99. The molecule has 0 spiro atoms. The Bertz CT molecular complexity index is 431. The van der Waals surface area contributed by atoms with Gasteiger partial charge in [0, 0.05) is 12.2 Å². The fourth-order valence-corrected chi connectivity index (χ4v) is 1.58. The molecule has 0 radical (unpaired) electrons. The first-order valence-electron chi connectivity index (χ1n) is 5.97. The number of hydrogen-bond acceptors (Lipinski definition) is 3. The zero-order valence-electron chi connectivity index (χ0n) is 10.7. The van der Waals surface area contributed by atoms with Gasteiger partial charge in [-0.15, -0.1) is 0 Å². The first-order valence-corrected chi connectivity index (χ1v) is 5.97. The van der Waals surface area contributed by atoms with Crippen molar-refractivity contribution in [2.24, 2.45) is 0 Å². The van der Waals surface area contributed by atoms with Crippen molar-refractivity contribution in [2.45, 2.75) is 32.3 Å². The molecule has 0 aromatic heterocycles. The van der Waals surface area contributed by atoms with E-state index in [2.05, 4.69) is 5.32 Å². The Hall–Kier alpha value is -1.62. The molecule has 0 atom stereocenters. The van der Waals surface area contributed by atoms with Crippen LogP contribution in [0.25, 0.3) is 0 Å². The molecule has 0 aliphatic carbocycles. The van der Waals surface area contributed by atoms with Crippen LogP contribution in [0.2, 0.25) is 0 Å². The van der Waals surface area contributed by atoms with Crippen molar-refractivity contribution in [1.82, 2.24) is 5.32 Å². The third kappa shape index (κ3) is 3.43. The van der Waals surface area contributed by atoms with Gasteiger partial charge in [0.1, 0.15) is 5.82 Å². The number of rotatable bonds is 5. The van der Waals surface area contributed by atoms with Crippen LogP contribution in [0.4, 0.5) is 10.1 Å². The van der Waals surface area contributed by atoms with E-state index in [4.69, 9.17) is 5.73 Å². The molecule has 100 valence electrons. The maximum absolute atomic E-state index is 12.8. The van der Waals surface area contributed by atoms with Crippen molar-refractivity contribution < 1.29 is 14.3 Å². The van der Waals surface area contributed by atoms with Crippen LogP contribution in [0.1, 0.15) is 37.0 Å². The maximum Gasteiger partial charge on any atom is 0.253 e. The highest BCUT2D eigenvalue weighted by atomic mass is 19.1. The molecule has 0 heterocycles. The second-order valence-electron chi connectivity index (χ2n) is 4.35. The Labute approximate surface area is 106 Å². The molecule has 0 aliphatic heterocycles. The molecular formula is C13H19FN2O2. The van der Waals surface area contributed by atoms with E-state index in [0.29, 0.717) is 12.8 Å². The van der Waals surface area contributed by atoms with E-state index in [1.54, 1.807) is 0 Å². The fourth-order valence-electron chi connectivity index (χ4n) is 1.58. The van der Waals surface area contributed by atoms with E-state index in [-0.39, 0.29) is 17.8 Å². The van der Waals surface area contributed by atoms with Gasteiger partial charge in [0.25, 0.3) is 5.91 Å². The molecule has 0 saturated heterocycles. The summed E-state index contributed by atoms with van der Waals surface area (Å²) >= 11 is 0. The predicted molar refractivity (Wildman–Crippen MR) is 68.7 cm³/mol. The SMILES string of the molecule is CCC(O)(CC)CNC(=O)c1ccc(F)cc1N. The van der Waals surface area contributed by atoms with Crippen LogP contribution in [0.15, 0.2) is 18.2 Å². The maximum atomic E-state index is 12.8. The van der Waals surface area contributed by atoms with Crippen molar-refractivity contribution in [3.63, 3.8) is 0 Å². The van der Waals surface area contributed by atoms with Crippen LogP contribution < -0.4 is 11.1 Å². The first-order chi connectivity index (χ1) is 8.41. The molecule has 0 unspecified atom stereocenters. The van der Waals surface area contributed by atoms with Gasteiger partial charge in [0.2, 0.25) is 0 Å². The number of nitrogens with two attached hydrogens (primary N) is 1. The fraction of sp³-hybridized carbons (Fsp3) is 0.462. The minimum atomic E-state index is -0.912. The molecule has 18 heavy (non-hydrogen) atoms. The Morgan fingerprint density at radius 2 is 2.06 bits per heavy atom. The standard InChI is InChI=1S/C13H19FN2O2/c1-3-13(18,4-2)8-16-12(17)10-6-5-9(14)7-11(10)15/h5-7,18H,3-4,8,15H2,1-2H3,(H,16,17). The van der Waals surface area contributed by atoms with Crippen LogP contribution in [-0.4, -0.2) is 23.2 Å². The largest absolute Gasteiger partial charge is 0.398 e. The van der Waals surface area contributed by atoms with Gasteiger partial charge in [-0.05, 0) is 31.0 Å². The van der Waals surface area contributed by atoms with Crippen molar-refractivity contribution in [2.75, 3.05) is 12.3 Å². The molecule has 1 aromatic carbocycles. The predicted octanol–water partition coefficient (Wildman–Crippen LogP) is 1.69. The Morgan fingerprint density at radius 1 is 1.44 bits per heavy atom. The minimum Gasteiger partial charge on any atom is -0.398 e. The van der Waals surface area contributed by atoms with Crippen molar-refractivity contribution in [3.8, 4) is 0 Å². The molecule has 0 bridgehead atoms. The number of amides is 1. The minimum absolute atomic E-state index is 0.0871. The summed E-state index contributed by atoms with van der Waals surface area (Å²) in [6.45, 7) is 3.85. The number of aliphatic hydroxyl groups is 1. The zero-order valence-corrected chi connectivity index (χ0v) is 10.7. The number of halogens is 1. The van der Waals surface area contributed by atoms with E-state index in [0.717, 1.165) is 6.07 Å². The van der Waals surface area contributed by atoms with Crippen LogP contribution >= 0.6 is 0 Å². The number of carbonyl (C=O) groups is 1. The number of benzene rings is 1. The van der Waals surface area contributed by atoms with Gasteiger partial charge in [-0.25, -0.2) is 4.39 Å². The lowest BCUT2D eigenvalue weighted by Gasteiger charge is -2.25. The van der Waals surface area contributed by atoms with Crippen LogP contribution in [0, 0.1) is 5.82 Å². The third-order valence-corrected chi connectivity index (χ3v) is 3.15. The van der Waals surface area contributed by atoms with Gasteiger partial charge in [-0.2, -0.15) is 0 Å². The van der Waals surface area contributed by atoms with E-state index in [1.165, 1.54) is 12.1 Å². The molecule has 4 N–H and O–H groups in total. The summed E-state index contributed by atoms with van der Waals surface area (Å²) in [6.07, 6.45) is 1.09. The number of anilines is 1. The Balaban J connectivity index is 2.71. The van der Waals surface area contributed by atoms with Gasteiger partial charge in [0.05, 0.1) is 11.2 Å². The topological polar surface area (TPSA) is 75.3 Å². The Morgan fingerprint density at radius 3 is 2.56 bits per heavy atom. The number of nitrogen functional groups attached to an aromatic ring is 1. The van der Waals surface area contributed by atoms with Crippen molar-refractivity contribution >= 4 is 11.6 Å². The first kappa shape index (κ1) is 14.4. The Kier molecular flexibility index (Phi) is 4.67. The molecular weight excluding hydrogens is 235 g/mol. The lowest BCUT2D eigenvalue weighted by Crippen LogP contribution is -2.42. The van der Waals surface area contributed by atoms with E-state index < -0.39 is 17.3 Å². The number of hydrogen-bond donors (Lipinski definition) is 3. The molecule has 0 fully saturated rings. The summed E-state index contributed by atoms with van der Waals surface area (Å²) in [6, 6.07) is 3.61. The number of nitrogens with one attached hydrogen (secondary N) is 1. The third-order valence-electron chi connectivity index (χ3n) is 3.15. The van der Waals surface area contributed by atoms with Gasteiger partial charge in [-0.1, -0.05) is 13.8 Å². The molecule has 1 rings (SSSR count). The molecule has 1 aromatic rings. The monoisotopic (exact) mass is 254 g/mol. The van der Waals surface area contributed by atoms with E-state index in [1.807, 2.05) is 13.8 Å². The highest BCUT2D eigenvalue weighted by Gasteiger charge is 2.23. The normalized spacial score (nSPS) is 11.3. The average Bonchev–Trinajstić information content (AvgIpc) is 2.35.